The van der Waals surface area contributed by atoms with Crippen molar-refractivity contribution in [2.75, 3.05) is 13.1 Å². The second-order valence-electron chi connectivity index (χ2n) is 7.26. The maximum atomic E-state index is 12.7. The average molecular weight is 338 g/mol. The number of carbonyl (C=O) groups excluding carboxylic acids is 2. The lowest BCUT2D eigenvalue weighted by Gasteiger charge is -2.17. The molecule has 1 saturated carbocycles. The summed E-state index contributed by atoms with van der Waals surface area (Å²) in [6.45, 7) is 3.82. The van der Waals surface area contributed by atoms with E-state index in [9.17, 15) is 9.59 Å². The van der Waals surface area contributed by atoms with Crippen molar-refractivity contribution in [1.82, 2.24) is 10.2 Å². The highest BCUT2D eigenvalue weighted by atomic mass is 16.3. The molecule has 130 valence electrons. The summed E-state index contributed by atoms with van der Waals surface area (Å²) in [5.41, 5.74) is 1.80. The first-order valence-electron chi connectivity index (χ1n) is 8.73. The number of furan rings is 1. The molecule has 2 heterocycles. The summed E-state index contributed by atoms with van der Waals surface area (Å²) < 4.78 is 5.24. The van der Waals surface area contributed by atoms with Crippen LogP contribution < -0.4 is 5.32 Å². The van der Waals surface area contributed by atoms with Gasteiger partial charge in [-0.3, -0.25) is 9.59 Å². The van der Waals surface area contributed by atoms with Crippen LogP contribution in [0.3, 0.4) is 0 Å². The molecule has 5 heteroatoms. The normalized spacial score (nSPS) is 24.5. The lowest BCUT2D eigenvalue weighted by Crippen LogP contribution is -2.31. The third kappa shape index (κ3) is 3.06. The Balaban J connectivity index is 1.35. The molecule has 4 rings (SSSR count). The van der Waals surface area contributed by atoms with E-state index >= 15 is 0 Å². The molecule has 0 unspecified atom stereocenters. The fourth-order valence-corrected chi connectivity index (χ4v) is 3.91. The summed E-state index contributed by atoms with van der Waals surface area (Å²) in [6, 6.07) is 11.3. The summed E-state index contributed by atoms with van der Waals surface area (Å²) >= 11 is 0. The second-order valence-corrected chi connectivity index (χ2v) is 7.26. The smallest absolute Gasteiger partial charge is 0.253 e. The summed E-state index contributed by atoms with van der Waals surface area (Å²) in [5.74, 6) is 0.909. The molecule has 1 aliphatic heterocycles. The molecule has 2 aromatic rings. The number of nitrogens with zero attached hydrogens (tertiary/aromatic N) is 1. The lowest BCUT2D eigenvalue weighted by atomic mass is 10.0. The first-order valence-corrected chi connectivity index (χ1v) is 8.73. The average Bonchev–Trinajstić information content (AvgIpc) is 2.95. The van der Waals surface area contributed by atoms with Gasteiger partial charge in [0.1, 0.15) is 5.76 Å². The molecule has 25 heavy (non-hydrogen) atoms. The number of nitrogens with one attached hydrogen (secondary N) is 1. The van der Waals surface area contributed by atoms with Crippen molar-refractivity contribution in [2.24, 2.45) is 11.3 Å². The van der Waals surface area contributed by atoms with Crippen LogP contribution in [0.2, 0.25) is 0 Å². The summed E-state index contributed by atoms with van der Waals surface area (Å²) in [4.78, 5) is 27.0. The number of carbonyl (C=O) groups is 2. The van der Waals surface area contributed by atoms with Gasteiger partial charge in [-0.1, -0.05) is 17.7 Å². The quantitative estimate of drug-likeness (QED) is 0.932. The Kier molecular flexibility index (Phi) is 3.86. The number of hydrogen-bond acceptors (Lipinski definition) is 3. The predicted molar refractivity (Wildman–Crippen MR) is 92.8 cm³/mol. The van der Waals surface area contributed by atoms with Gasteiger partial charge in [0, 0.05) is 30.0 Å². The van der Waals surface area contributed by atoms with Crippen LogP contribution in [0.1, 0.15) is 34.5 Å². The van der Waals surface area contributed by atoms with E-state index in [1.54, 1.807) is 6.26 Å². The van der Waals surface area contributed by atoms with Gasteiger partial charge in [0.15, 0.2) is 0 Å². The van der Waals surface area contributed by atoms with Crippen LogP contribution in [0.5, 0.6) is 0 Å². The summed E-state index contributed by atoms with van der Waals surface area (Å²) in [6.07, 6.45) is 3.38. The van der Waals surface area contributed by atoms with Crippen molar-refractivity contribution in [1.29, 1.82) is 0 Å². The van der Waals surface area contributed by atoms with Crippen molar-refractivity contribution < 1.29 is 14.0 Å². The SMILES string of the molecule is Cc1cccc(C(=O)N2CC[C@@]3(C[C@@H]3C(=O)NCc3ccco3)C2)c1. The lowest BCUT2D eigenvalue weighted by molar-refractivity contribution is -0.123. The molecular weight excluding hydrogens is 316 g/mol. The highest BCUT2D eigenvalue weighted by molar-refractivity contribution is 5.95. The minimum Gasteiger partial charge on any atom is -0.467 e. The van der Waals surface area contributed by atoms with Crippen molar-refractivity contribution in [2.45, 2.75) is 26.3 Å². The van der Waals surface area contributed by atoms with Gasteiger partial charge < -0.3 is 14.6 Å². The Morgan fingerprint density at radius 3 is 2.96 bits per heavy atom. The van der Waals surface area contributed by atoms with Gasteiger partial charge in [-0.25, -0.2) is 0 Å². The number of likely N-dealkylation sites (tertiary alicyclic amines) is 1. The van der Waals surface area contributed by atoms with Crippen LogP contribution in [-0.2, 0) is 11.3 Å². The first kappa shape index (κ1) is 15.9. The van der Waals surface area contributed by atoms with Crippen molar-refractivity contribution in [3.8, 4) is 0 Å². The topological polar surface area (TPSA) is 62.6 Å². The zero-order valence-corrected chi connectivity index (χ0v) is 14.3. The fourth-order valence-electron chi connectivity index (χ4n) is 3.91. The molecule has 2 fully saturated rings. The van der Waals surface area contributed by atoms with E-state index in [0.29, 0.717) is 13.1 Å². The Morgan fingerprint density at radius 1 is 1.32 bits per heavy atom. The van der Waals surface area contributed by atoms with E-state index in [0.717, 1.165) is 36.3 Å². The molecule has 1 saturated heterocycles. The van der Waals surface area contributed by atoms with Gasteiger partial charge >= 0.3 is 0 Å². The van der Waals surface area contributed by atoms with Crippen LogP contribution in [-0.4, -0.2) is 29.8 Å². The second kappa shape index (κ2) is 6.06. The Hall–Kier alpha value is -2.56. The van der Waals surface area contributed by atoms with E-state index in [-0.39, 0.29) is 23.1 Å². The third-order valence-electron chi connectivity index (χ3n) is 5.46. The van der Waals surface area contributed by atoms with Gasteiger partial charge in [0.05, 0.1) is 12.8 Å². The number of benzene rings is 1. The number of amides is 2. The molecular formula is C20H22N2O3. The third-order valence-corrected chi connectivity index (χ3v) is 5.46. The zero-order chi connectivity index (χ0) is 17.4. The minimum atomic E-state index is -0.0211. The van der Waals surface area contributed by atoms with Crippen molar-refractivity contribution >= 4 is 11.8 Å². The number of aryl methyl sites for hydroxylation is 1. The Bertz CT molecular complexity index is 799. The van der Waals surface area contributed by atoms with Crippen LogP contribution in [0.4, 0.5) is 0 Å². The maximum absolute atomic E-state index is 12.7. The molecule has 0 radical (unpaired) electrons. The monoisotopic (exact) mass is 338 g/mol. The van der Waals surface area contributed by atoms with Crippen LogP contribution in [0, 0.1) is 18.3 Å². The Labute approximate surface area is 147 Å². The van der Waals surface area contributed by atoms with E-state index < -0.39 is 0 Å². The maximum Gasteiger partial charge on any atom is 0.253 e. The van der Waals surface area contributed by atoms with Gasteiger partial charge in [0.25, 0.3) is 5.91 Å². The molecule has 1 aromatic carbocycles. The molecule has 1 N–H and O–H groups in total. The number of hydrogen-bond donors (Lipinski definition) is 1. The van der Waals surface area contributed by atoms with Gasteiger partial charge in [-0.05, 0) is 44.0 Å². The van der Waals surface area contributed by atoms with Gasteiger partial charge in [0.2, 0.25) is 5.91 Å². The van der Waals surface area contributed by atoms with E-state index in [2.05, 4.69) is 5.32 Å². The predicted octanol–water partition coefficient (Wildman–Crippen LogP) is 2.76. The molecule has 1 aromatic heterocycles. The number of rotatable bonds is 4. The highest BCUT2D eigenvalue weighted by Crippen LogP contribution is 2.58. The fraction of sp³-hybridized carbons (Fsp3) is 0.400. The van der Waals surface area contributed by atoms with E-state index in [4.69, 9.17) is 4.42 Å². The Morgan fingerprint density at radius 2 is 2.20 bits per heavy atom. The standard InChI is InChI=1S/C20H22N2O3/c1-14-4-2-5-15(10-14)19(24)22-8-7-20(13-22)11-17(20)18(23)21-12-16-6-3-9-25-16/h2-6,9-10,17H,7-8,11-13H2,1H3,(H,21,23)/t17-,20-/m1/s1. The molecule has 1 spiro atoms. The van der Waals surface area contributed by atoms with E-state index in [1.807, 2.05) is 48.2 Å². The molecule has 2 aliphatic rings. The van der Waals surface area contributed by atoms with E-state index in [1.165, 1.54) is 0 Å². The van der Waals surface area contributed by atoms with Crippen LogP contribution in [0.25, 0.3) is 0 Å². The van der Waals surface area contributed by atoms with Gasteiger partial charge in [-0.2, -0.15) is 0 Å². The highest BCUT2D eigenvalue weighted by Gasteiger charge is 2.61. The molecule has 5 nitrogen and oxygen atoms in total. The summed E-state index contributed by atoms with van der Waals surface area (Å²) in [5, 5.41) is 2.95. The molecule has 2 atom stereocenters. The molecule has 2 amide bonds. The van der Waals surface area contributed by atoms with Crippen LogP contribution >= 0.6 is 0 Å². The minimum absolute atomic E-state index is 0.0118. The molecule has 0 bridgehead atoms. The summed E-state index contributed by atoms with van der Waals surface area (Å²) in [7, 11) is 0. The van der Waals surface area contributed by atoms with Gasteiger partial charge in [-0.15, -0.1) is 0 Å². The molecule has 1 aliphatic carbocycles. The first-order chi connectivity index (χ1) is 12.1. The van der Waals surface area contributed by atoms with Crippen molar-refractivity contribution in [3.05, 3.63) is 59.5 Å². The largest absolute Gasteiger partial charge is 0.467 e. The zero-order valence-electron chi connectivity index (χ0n) is 14.3. The van der Waals surface area contributed by atoms with Crippen LogP contribution in [0.15, 0.2) is 47.1 Å². The van der Waals surface area contributed by atoms with Crippen molar-refractivity contribution in [3.63, 3.8) is 0 Å².